The Morgan fingerprint density at radius 1 is 1.44 bits per heavy atom. The zero-order valence-corrected chi connectivity index (χ0v) is 10.1. The largest absolute Gasteiger partial charge is 0.480 e. The van der Waals surface area contributed by atoms with E-state index in [1.54, 1.807) is 17.9 Å². The SMILES string of the molecule is C=CCNC(=O)C(C)N(CC(=O)O)C(C)C. The van der Waals surface area contributed by atoms with E-state index < -0.39 is 12.0 Å². The summed E-state index contributed by atoms with van der Waals surface area (Å²) in [5.41, 5.74) is 0. The molecule has 5 heteroatoms. The van der Waals surface area contributed by atoms with Crippen molar-refractivity contribution in [3.8, 4) is 0 Å². The molecule has 0 aliphatic rings. The Morgan fingerprint density at radius 2 is 2.00 bits per heavy atom. The predicted octanol–water partition coefficient (Wildman–Crippen LogP) is 0.472. The highest BCUT2D eigenvalue weighted by atomic mass is 16.4. The third-order valence-electron chi connectivity index (χ3n) is 2.28. The summed E-state index contributed by atoms with van der Waals surface area (Å²) in [6.45, 7) is 9.17. The third-order valence-corrected chi connectivity index (χ3v) is 2.28. The minimum Gasteiger partial charge on any atom is -0.480 e. The molecule has 1 amide bonds. The molecular weight excluding hydrogens is 208 g/mol. The standard InChI is InChI=1S/C11H20N2O3/c1-5-6-12-11(16)9(4)13(8(2)3)7-10(14)15/h5,8-9H,1,6-7H2,2-4H3,(H,12,16)(H,14,15). The first-order valence-electron chi connectivity index (χ1n) is 5.26. The van der Waals surface area contributed by atoms with Gasteiger partial charge in [0.15, 0.2) is 0 Å². The molecule has 0 aliphatic carbocycles. The van der Waals surface area contributed by atoms with E-state index in [-0.39, 0.29) is 18.5 Å². The molecule has 5 nitrogen and oxygen atoms in total. The Hall–Kier alpha value is -1.36. The van der Waals surface area contributed by atoms with Gasteiger partial charge in [0.2, 0.25) is 5.91 Å². The van der Waals surface area contributed by atoms with Crippen molar-refractivity contribution >= 4 is 11.9 Å². The Balaban J connectivity index is 4.47. The average molecular weight is 228 g/mol. The number of carbonyl (C=O) groups is 2. The lowest BCUT2D eigenvalue weighted by Gasteiger charge is -2.30. The first-order chi connectivity index (χ1) is 7.40. The van der Waals surface area contributed by atoms with Crippen LogP contribution in [-0.2, 0) is 9.59 Å². The van der Waals surface area contributed by atoms with Gasteiger partial charge in [0.1, 0.15) is 0 Å². The molecule has 0 saturated carbocycles. The second-order valence-electron chi connectivity index (χ2n) is 3.87. The van der Waals surface area contributed by atoms with Gasteiger partial charge in [-0.3, -0.25) is 14.5 Å². The van der Waals surface area contributed by atoms with Crippen molar-refractivity contribution in [1.82, 2.24) is 10.2 Å². The molecule has 0 aromatic carbocycles. The van der Waals surface area contributed by atoms with Gasteiger partial charge in [0.05, 0.1) is 12.6 Å². The van der Waals surface area contributed by atoms with Gasteiger partial charge in [-0.15, -0.1) is 6.58 Å². The van der Waals surface area contributed by atoms with Gasteiger partial charge >= 0.3 is 5.97 Å². The van der Waals surface area contributed by atoms with Gasteiger partial charge in [-0.2, -0.15) is 0 Å². The Bertz CT molecular complexity index is 264. The summed E-state index contributed by atoms with van der Waals surface area (Å²) < 4.78 is 0. The monoisotopic (exact) mass is 228 g/mol. The number of hydrogen-bond acceptors (Lipinski definition) is 3. The van der Waals surface area contributed by atoms with E-state index in [0.29, 0.717) is 6.54 Å². The van der Waals surface area contributed by atoms with Crippen LogP contribution >= 0.6 is 0 Å². The van der Waals surface area contributed by atoms with Crippen LogP contribution in [0.5, 0.6) is 0 Å². The fraction of sp³-hybridized carbons (Fsp3) is 0.636. The van der Waals surface area contributed by atoms with E-state index in [1.807, 2.05) is 13.8 Å². The van der Waals surface area contributed by atoms with Crippen LogP contribution in [-0.4, -0.2) is 47.1 Å². The van der Waals surface area contributed by atoms with E-state index in [1.165, 1.54) is 0 Å². The molecule has 0 spiro atoms. The summed E-state index contributed by atoms with van der Waals surface area (Å²) in [6.07, 6.45) is 1.58. The van der Waals surface area contributed by atoms with Crippen LogP contribution in [0.4, 0.5) is 0 Å². The molecule has 0 aliphatic heterocycles. The van der Waals surface area contributed by atoms with Gasteiger partial charge in [-0.1, -0.05) is 6.08 Å². The Kier molecular flexibility index (Phi) is 6.41. The molecule has 0 heterocycles. The maximum Gasteiger partial charge on any atom is 0.317 e. The predicted molar refractivity (Wildman–Crippen MR) is 62.1 cm³/mol. The molecule has 0 rings (SSSR count). The lowest BCUT2D eigenvalue weighted by Crippen LogP contribution is -2.50. The molecule has 0 fully saturated rings. The molecule has 0 bridgehead atoms. The Morgan fingerprint density at radius 3 is 2.38 bits per heavy atom. The van der Waals surface area contributed by atoms with Crippen molar-refractivity contribution in [3.63, 3.8) is 0 Å². The molecule has 0 aromatic rings. The zero-order chi connectivity index (χ0) is 12.7. The summed E-state index contributed by atoms with van der Waals surface area (Å²) in [5.74, 6) is -1.12. The van der Waals surface area contributed by atoms with Crippen LogP contribution in [0.3, 0.4) is 0 Å². The van der Waals surface area contributed by atoms with Crippen LogP contribution in [0.15, 0.2) is 12.7 Å². The quantitative estimate of drug-likeness (QED) is 0.622. The number of carboxylic acids is 1. The Labute approximate surface area is 96.1 Å². The van der Waals surface area contributed by atoms with E-state index in [9.17, 15) is 9.59 Å². The number of aliphatic carboxylic acids is 1. The second kappa shape index (κ2) is 7.00. The number of carbonyl (C=O) groups excluding carboxylic acids is 1. The minimum absolute atomic E-state index is 0.000538. The molecule has 16 heavy (non-hydrogen) atoms. The van der Waals surface area contributed by atoms with Crippen LogP contribution in [0.2, 0.25) is 0 Å². The van der Waals surface area contributed by atoms with E-state index in [0.717, 1.165) is 0 Å². The fourth-order valence-corrected chi connectivity index (χ4v) is 1.39. The van der Waals surface area contributed by atoms with Gasteiger partial charge in [0, 0.05) is 12.6 Å². The number of nitrogens with one attached hydrogen (secondary N) is 1. The summed E-state index contributed by atoms with van der Waals surface area (Å²) in [5, 5.41) is 11.4. The lowest BCUT2D eigenvalue weighted by molar-refractivity contribution is -0.140. The summed E-state index contributed by atoms with van der Waals surface area (Å²) in [4.78, 5) is 23.9. The first kappa shape index (κ1) is 14.6. The number of amides is 1. The molecular formula is C11H20N2O3. The van der Waals surface area contributed by atoms with Gasteiger partial charge < -0.3 is 10.4 Å². The number of nitrogens with zero attached hydrogens (tertiary/aromatic N) is 1. The normalized spacial score (nSPS) is 12.6. The van der Waals surface area contributed by atoms with E-state index in [2.05, 4.69) is 11.9 Å². The molecule has 0 saturated heterocycles. The van der Waals surface area contributed by atoms with Crippen LogP contribution in [0.25, 0.3) is 0 Å². The summed E-state index contributed by atoms with van der Waals surface area (Å²) in [6, 6.07) is -0.461. The van der Waals surface area contributed by atoms with Crippen molar-refractivity contribution in [2.45, 2.75) is 32.9 Å². The van der Waals surface area contributed by atoms with Crippen molar-refractivity contribution in [1.29, 1.82) is 0 Å². The number of carboxylic acid groups (broad SMARTS) is 1. The zero-order valence-electron chi connectivity index (χ0n) is 10.1. The molecule has 1 unspecified atom stereocenters. The summed E-state index contributed by atoms with van der Waals surface area (Å²) in [7, 11) is 0. The third kappa shape index (κ3) is 4.93. The maximum atomic E-state index is 11.6. The molecule has 0 radical (unpaired) electrons. The van der Waals surface area contributed by atoms with Gasteiger partial charge in [-0.05, 0) is 20.8 Å². The van der Waals surface area contributed by atoms with Crippen molar-refractivity contribution < 1.29 is 14.7 Å². The van der Waals surface area contributed by atoms with Gasteiger partial charge in [-0.25, -0.2) is 0 Å². The van der Waals surface area contributed by atoms with Crippen molar-refractivity contribution in [3.05, 3.63) is 12.7 Å². The minimum atomic E-state index is -0.933. The van der Waals surface area contributed by atoms with Gasteiger partial charge in [0.25, 0.3) is 0 Å². The van der Waals surface area contributed by atoms with E-state index in [4.69, 9.17) is 5.11 Å². The molecule has 1 atom stereocenters. The average Bonchev–Trinajstić information content (AvgIpc) is 2.20. The van der Waals surface area contributed by atoms with Crippen LogP contribution < -0.4 is 5.32 Å². The molecule has 0 aromatic heterocycles. The van der Waals surface area contributed by atoms with Crippen LogP contribution in [0, 0.1) is 0 Å². The lowest BCUT2D eigenvalue weighted by atomic mass is 10.2. The molecule has 92 valence electrons. The first-order valence-corrected chi connectivity index (χ1v) is 5.26. The van der Waals surface area contributed by atoms with Crippen LogP contribution in [0.1, 0.15) is 20.8 Å². The molecule has 2 N–H and O–H groups in total. The maximum absolute atomic E-state index is 11.6. The van der Waals surface area contributed by atoms with Crippen molar-refractivity contribution in [2.24, 2.45) is 0 Å². The number of hydrogen-bond donors (Lipinski definition) is 2. The smallest absolute Gasteiger partial charge is 0.317 e. The summed E-state index contributed by atoms with van der Waals surface area (Å²) >= 11 is 0. The highest BCUT2D eigenvalue weighted by Gasteiger charge is 2.24. The number of rotatable bonds is 7. The topological polar surface area (TPSA) is 69.6 Å². The highest BCUT2D eigenvalue weighted by molar-refractivity contribution is 5.82. The van der Waals surface area contributed by atoms with Crippen molar-refractivity contribution in [2.75, 3.05) is 13.1 Å². The van der Waals surface area contributed by atoms with E-state index >= 15 is 0 Å². The fourth-order valence-electron chi connectivity index (χ4n) is 1.39. The second-order valence-corrected chi connectivity index (χ2v) is 3.87. The highest BCUT2D eigenvalue weighted by Crippen LogP contribution is 2.05.